The Morgan fingerprint density at radius 2 is 2.32 bits per heavy atom. The molecule has 1 aliphatic rings. The van der Waals surface area contributed by atoms with Crippen molar-refractivity contribution in [3.8, 4) is 0 Å². The van der Waals surface area contributed by atoms with E-state index in [0.717, 1.165) is 24.9 Å². The Hall–Kier alpha value is -3.16. The number of rotatable bonds is 3. The maximum Gasteiger partial charge on any atom is 0.290 e. The standard InChI is InChI=1S/C17H18N6O2/c24-16(12-3-7-23-11-18-9-14(23)8-12)21-13-2-1-6-22(10-13)15-17(25)20-5-4-19-15/h3-5,7-9,11,13H,1-2,6,10H2,(H,20,25)(H,21,24). The molecule has 0 spiro atoms. The van der Waals surface area contributed by atoms with E-state index in [0.29, 0.717) is 17.9 Å². The summed E-state index contributed by atoms with van der Waals surface area (Å²) in [6.45, 7) is 1.33. The first kappa shape index (κ1) is 15.4. The fourth-order valence-electron chi connectivity index (χ4n) is 3.19. The number of nitrogens with zero attached hydrogens (tertiary/aromatic N) is 4. The number of amides is 1. The number of nitrogens with one attached hydrogen (secondary N) is 2. The van der Waals surface area contributed by atoms with Gasteiger partial charge >= 0.3 is 0 Å². The van der Waals surface area contributed by atoms with Gasteiger partial charge in [0.15, 0.2) is 5.82 Å². The number of piperidine rings is 1. The Morgan fingerprint density at radius 3 is 3.20 bits per heavy atom. The monoisotopic (exact) mass is 338 g/mol. The summed E-state index contributed by atoms with van der Waals surface area (Å²) in [6.07, 6.45) is 10.1. The Morgan fingerprint density at radius 1 is 1.40 bits per heavy atom. The molecule has 3 aromatic rings. The second-order valence-electron chi connectivity index (χ2n) is 6.14. The maximum absolute atomic E-state index is 12.5. The van der Waals surface area contributed by atoms with Gasteiger partial charge in [-0.1, -0.05) is 0 Å². The van der Waals surface area contributed by atoms with Crippen LogP contribution in [-0.2, 0) is 0 Å². The molecule has 1 unspecified atom stereocenters. The minimum Gasteiger partial charge on any atom is -0.350 e. The third-order valence-corrected chi connectivity index (χ3v) is 4.42. The molecule has 8 nitrogen and oxygen atoms in total. The molecule has 1 amide bonds. The molecule has 1 fully saturated rings. The molecule has 1 atom stereocenters. The minimum absolute atomic E-state index is 0.0243. The summed E-state index contributed by atoms with van der Waals surface area (Å²) in [6, 6.07) is 3.56. The lowest BCUT2D eigenvalue weighted by molar-refractivity contribution is 0.0933. The van der Waals surface area contributed by atoms with E-state index in [1.165, 1.54) is 6.20 Å². The van der Waals surface area contributed by atoms with Gasteiger partial charge in [0.05, 0.1) is 18.0 Å². The van der Waals surface area contributed by atoms with Crippen molar-refractivity contribution in [2.45, 2.75) is 18.9 Å². The average molecular weight is 338 g/mol. The zero-order valence-corrected chi connectivity index (χ0v) is 13.6. The summed E-state index contributed by atoms with van der Waals surface area (Å²) < 4.78 is 1.85. The highest BCUT2D eigenvalue weighted by Gasteiger charge is 2.24. The molecule has 8 heteroatoms. The summed E-state index contributed by atoms with van der Waals surface area (Å²) in [5.41, 5.74) is 1.26. The second kappa shape index (κ2) is 6.39. The van der Waals surface area contributed by atoms with Gasteiger partial charge in [0.2, 0.25) is 0 Å². The van der Waals surface area contributed by atoms with Crippen molar-refractivity contribution >= 4 is 17.2 Å². The maximum atomic E-state index is 12.5. The number of H-pyrrole nitrogens is 1. The number of fused-ring (bicyclic) bond motifs is 1. The normalized spacial score (nSPS) is 17.6. The molecule has 0 aliphatic carbocycles. The molecule has 0 bridgehead atoms. The van der Waals surface area contributed by atoms with E-state index < -0.39 is 0 Å². The second-order valence-corrected chi connectivity index (χ2v) is 6.14. The summed E-state index contributed by atoms with van der Waals surface area (Å²) in [5, 5.41) is 3.06. The molecule has 4 heterocycles. The molecule has 25 heavy (non-hydrogen) atoms. The number of hydrogen-bond acceptors (Lipinski definition) is 5. The molecule has 4 rings (SSSR count). The number of imidazole rings is 1. The number of pyridine rings is 1. The molecular formula is C17H18N6O2. The molecular weight excluding hydrogens is 320 g/mol. The molecule has 1 saturated heterocycles. The molecule has 2 N–H and O–H groups in total. The van der Waals surface area contributed by atoms with Crippen LogP contribution in [0.3, 0.4) is 0 Å². The van der Waals surface area contributed by atoms with Crippen LogP contribution >= 0.6 is 0 Å². The SMILES string of the molecule is O=C(NC1CCCN(c2ncc[nH]c2=O)C1)c1ccn2cncc2c1. The van der Waals surface area contributed by atoms with E-state index in [2.05, 4.69) is 20.3 Å². The average Bonchev–Trinajstić information content (AvgIpc) is 3.10. The predicted octanol–water partition coefficient (Wildman–Crippen LogP) is 0.816. The van der Waals surface area contributed by atoms with Crippen molar-refractivity contribution in [2.75, 3.05) is 18.0 Å². The number of anilines is 1. The third kappa shape index (κ3) is 3.10. The van der Waals surface area contributed by atoms with Crippen LogP contribution in [0.4, 0.5) is 5.82 Å². The first-order chi connectivity index (χ1) is 12.2. The lowest BCUT2D eigenvalue weighted by Gasteiger charge is -2.33. The van der Waals surface area contributed by atoms with Gasteiger partial charge in [-0.15, -0.1) is 0 Å². The Bertz CT molecular complexity index is 963. The Balaban J connectivity index is 1.47. The van der Waals surface area contributed by atoms with Crippen molar-refractivity contribution in [1.29, 1.82) is 0 Å². The van der Waals surface area contributed by atoms with Gasteiger partial charge in [0.1, 0.15) is 0 Å². The van der Waals surface area contributed by atoms with Crippen LogP contribution < -0.4 is 15.8 Å². The van der Waals surface area contributed by atoms with Gasteiger partial charge in [-0.25, -0.2) is 9.97 Å². The smallest absolute Gasteiger partial charge is 0.290 e. The number of hydrogen-bond donors (Lipinski definition) is 2. The first-order valence-corrected chi connectivity index (χ1v) is 8.22. The highest BCUT2D eigenvalue weighted by atomic mass is 16.1. The Labute approximate surface area is 143 Å². The fourth-order valence-corrected chi connectivity index (χ4v) is 3.19. The molecule has 0 aromatic carbocycles. The van der Waals surface area contributed by atoms with Crippen LogP contribution in [-0.4, -0.2) is 44.4 Å². The lowest BCUT2D eigenvalue weighted by atomic mass is 10.1. The van der Waals surface area contributed by atoms with Crippen molar-refractivity contribution in [1.82, 2.24) is 24.7 Å². The van der Waals surface area contributed by atoms with Crippen LogP contribution in [0.2, 0.25) is 0 Å². The van der Waals surface area contributed by atoms with Crippen LogP contribution in [0.25, 0.3) is 5.52 Å². The van der Waals surface area contributed by atoms with Crippen molar-refractivity contribution in [3.63, 3.8) is 0 Å². The van der Waals surface area contributed by atoms with Gasteiger partial charge in [0, 0.05) is 43.3 Å². The number of aromatic amines is 1. The first-order valence-electron chi connectivity index (χ1n) is 8.22. The number of aromatic nitrogens is 4. The van der Waals surface area contributed by atoms with Crippen LogP contribution in [0.5, 0.6) is 0 Å². The zero-order chi connectivity index (χ0) is 17.2. The van der Waals surface area contributed by atoms with Crippen molar-refractivity contribution in [2.24, 2.45) is 0 Å². The zero-order valence-electron chi connectivity index (χ0n) is 13.6. The van der Waals surface area contributed by atoms with Crippen molar-refractivity contribution < 1.29 is 4.79 Å². The van der Waals surface area contributed by atoms with E-state index in [9.17, 15) is 9.59 Å². The third-order valence-electron chi connectivity index (χ3n) is 4.42. The van der Waals surface area contributed by atoms with Crippen LogP contribution in [0, 0.1) is 0 Å². The quantitative estimate of drug-likeness (QED) is 0.737. The van der Waals surface area contributed by atoms with E-state index >= 15 is 0 Å². The van der Waals surface area contributed by atoms with Gasteiger partial charge in [-0.3, -0.25) is 9.59 Å². The summed E-state index contributed by atoms with van der Waals surface area (Å²) in [5.74, 6) is 0.285. The van der Waals surface area contributed by atoms with E-state index in [1.54, 1.807) is 24.8 Å². The summed E-state index contributed by atoms with van der Waals surface area (Å²) in [7, 11) is 0. The van der Waals surface area contributed by atoms with Gasteiger partial charge in [-0.2, -0.15) is 0 Å². The largest absolute Gasteiger partial charge is 0.350 e. The minimum atomic E-state index is -0.208. The van der Waals surface area contributed by atoms with Gasteiger partial charge < -0.3 is 19.6 Å². The van der Waals surface area contributed by atoms with Gasteiger partial charge in [0.25, 0.3) is 11.5 Å². The molecule has 1 aliphatic heterocycles. The van der Waals surface area contributed by atoms with Crippen LogP contribution in [0.1, 0.15) is 23.2 Å². The van der Waals surface area contributed by atoms with E-state index in [-0.39, 0.29) is 17.5 Å². The summed E-state index contributed by atoms with van der Waals surface area (Å²) >= 11 is 0. The topological polar surface area (TPSA) is 95.4 Å². The van der Waals surface area contributed by atoms with E-state index in [1.807, 2.05) is 21.6 Å². The molecule has 128 valence electrons. The fraction of sp³-hybridized carbons (Fsp3) is 0.294. The lowest BCUT2D eigenvalue weighted by Crippen LogP contribution is -2.49. The number of carbonyl (C=O) groups excluding carboxylic acids is 1. The molecule has 0 radical (unpaired) electrons. The number of carbonyl (C=O) groups is 1. The molecule has 0 saturated carbocycles. The van der Waals surface area contributed by atoms with Crippen molar-refractivity contribution in [3.05, 3.63) is 59.2 Å². The highest BCUT2D eigenvalue weighted by molar-refractivity contribution is 5.95. The van der Waals surface area contributed by atoms with E-state index in [4.69, 9.17) is 0 Å². The van der Waals surface area contributed by atoms with Gasteiger partial charge in [-0.05, 0) is 25.0 Å². The summed E-state index contributed by atoms with van der Waals surface area (Å²) in [4.78, 5) is 37.2. The predicted molar refractivity (Wildman–Crippen MR) is 92.8 cm³/mol. The highest BCUT2D eigenvalue weighted by Crippen LogP contribution is 2.15. The Kier molecular flexibility index (Phi) is 3.93. The van der Waals surface area contributed by atoms with Crippen LogP contribution in [0.15, 0.2) is 48.0 Å². The molecule has 3 aromatic heterocycles.